The molecule has 0 saturated heterocycles. The fourth-order valence-electron chi connectivity index (χ4n) is 1.56. The molecule has 0 aromatic carbocycles. The molecular formula is C11H15N5O. The predicted octanol–water partition coefficient (Wildman–Crippen LogP) is 0.221. The lowest BCUT2D eigenvalue weighted by atomic mass is 10.3. The summed E-state index contributed by atoms with van der Waals surface area (Å²) in [6.45, 7) is 4.24. The molecule has 6 heteroatoms. The molecule has 0 aliphatic heterocycles. The van der Waals surface area contributed by atoms with Crippen molar-refractivity contribution in [2.75, 3.05) is 6.54 Å². The molecule has 0 saturated carbocycles. The molecule has 0 spiro atoms. The van der Waals surface area contributed by atoms with Gasteiger partial charge < -0.3 is 10.7 Å². The van der Waals surface area contributed by atoms with Crippen LogP contribution in [0.5, 0.6) is 0 Å². The zero-order chi connectivity index (χ0) is 12.4. The monoisotopic (exact) mass is 233 g/mol. The van der Waals surface area contributed by atoms with Crippen LogP contribution in [0.3, 0.4) is 0 Å². The molecule has 0 aliphatic carbocycles. The van der Waals surface area contributed by atoms with Crippen LogP contribution < -0.4 is 11.3 Å². The van der Waals surface area contributed by atoms with Gasteiger partial charge in [0, 0.05) is 6.42 Å². The van der Waals surface area contributed by atoms with E-state index in [-0.39, 0.29) is 5.56 Å². The Morgan fingerprint density at radius 2 is 1.88 bits per heavy atom. The first-order chi connectivity index (χ1) is 8.11. The largest absolute Gasteiger partial charge is 0.330 e. The van der Waals surface area contributed by atoms with Crippen LogP contribution >= 0.6 is 0 Å². The summed E-state index contributed by atoms with van der Waals surface area (Å²) in [4.78, 5) is 27.3. The number of nitrogens with one attached hydrogen (secondary N) is 1. The van der Waals surface area contributed by atoms with Crippen LogP contribution in [0.2, 0.25) is 0 Å². The zero-order valence-electron chi connectivity index (χ0n) is 9.95. The minimum Gasteiger partial charge on any atom is -0.330 e. The Hall–Kier alpha value is -1.82. The van der Waals surface area contributed by atoms with Gasteiger partial charge in [-0.3, -0.25) is 4.79 Å². The van der Waals surface area contributed by atoms with Gasteiger partial charge in [0.05, 0.1) is 11.4 Å². The minimum absolute atomic E-state index is 0.238. The van der Waals surface area contributed by atoms with Gasteiger partial charge in [0.1, 0.15) is 5.82 Å². The quantitative estimate of drug-likeness (QED) is 0.790. The molecule has 2 rings (SSSR count). The molecule has 0 bridgehead atoms. The average Bonchev–Trinajstić information content (AvgIpc) is 2.29. The lowest BCUT2D eigenvalue weighted by Crippen LogP contribution is -2.16. The van der Waals surface area contributed by atoms with Gasteiger partial charge >= 0.3 is 0 Å². The summed E-state index contributed by atoms with van der Waals surface area (Å²) in [5.41, 5.74) is 7.43. The first-order valence-corrected chi connectivity index (χ1v) is 5.56. The van der Waals surface area contributed by atoms with Crippen molar-refractivity contribution in [1.82, 2.24) is 19.9 Å². The summed E-state index contributed by atoms with van der Waals surface area (Å²) in [5, 5.41) is 0. The number of aromatic nitrogens is 4. The number of nitrogens with zero attached hydrogens (tertiary/aromatic N) is 3. The number of fused-ring (bicyclic) bond motifs is 1. The molecule has 0 unspecified atom stereocenters. The second-order valence-corrected chi connectivity index (χ2v) is 3.97. The van der Waals surface area contributed by atoms with Gasteiger partial charge in [-0.25, -0.2) is 15.0 Å². The van der Waals surface area contributed by atoms with Crippen LogP contribution in [0.15, 0.2) is 4.79 Å². The van der Waals surface area contributed by atoms with E-state index in [1.165, 1.54) is 0 Å². The Labute approximate surface area is 98.3 Å². The standard InChI is InChI=1S/C11H15N5O/c1-6-7(2)14-10-9(13-6)11(17)16-8(15-10)4-3-5-12/h3-5,12H2,1-2H3,(H,14,15,16,17). The molecule has 2 aromatic heterocycles. The minimum atomic E-state index is -0.238. The van der Waals surface area contributed by atoms with Crippen molar-refractivity contribution >= 4 is 11.2 Å². The normalized spacial score (nSPS) is 11.0. The van der Waals surface area contributed by atoms with E-state index in [2.05, 4.69) is 19.9 Å². The highest BCUT2D eigenvalue weighted by molar-refractivity contribution is 5.68. The Bertz CT molecular complexity index is 605. The van der Waals surface area contributed by atoms with Gasteiger partial charge in [0.25, 0.3) is 5.56 Å². The fraction of sp³-hybridized carbons (Fsp3) is 0.455. The van der Waals surface area contributed by atoms with Crippen molar-refractivity contribution in [3.05, 3.63) is 27.6 Å². The van der Waals surface area contributed by atoms with Crippen LogP contribution in [-0.4, -0.2) is 26.5 Å². The van der Waals surface area contributed by atoms with E-state index in [0.29, 0.717) is 30.0 Å². The first-order valence-electron chi connectivity index (χ1n) is 5.56. The van der Waals surface area contributed by atoms with E-state index in [4.69, 9.17) is 5.73 Å². The summed E-state index contributed by atoms with van der Waals surface area (Å²) < 4.78 is 0. The van der Waals surface area contributed by atoms with Crippen LogP contribution in [0.4, 0.5) is 0 Å². The highest BCUT2D eigenvalue weighted by Crippen LogP contribution is 2.06. The summed E-state index contributed by atoms with van der Waals surface area (Å²) >= 11 is 0. The van der Waals surface area contributed by atoms with Crippen molar-refractivity contribution in [3.8, 4) is 0 Å². The number of hydrogen-bond acceptors (Lipinski definition) is 5. The smallest absolute Gasteiger partial charge is 0.279 e. The maximum Gasteiger partial charge on any atom is 0.279 e. The number of aromatic amines is 1. The Balaban J connectivity index is 2.57. The third-order valence-corrected chi connectivity index (χ3v) is 2.62. The van der Waals surface area contributed by atoms with Crippen molar-refractivity contribution < 1.29 is 0 Å². The maximum absolute atomic E-state index is 11.8. The number of aryl methyl sites for hydroxylation is 3. The van der Waals surface area contributed by atoms with E-state index in [9.17, 15) is 4.79 Å². The summed E-state index contributed by atoms with van der Waals surface area (Å²) in [7, 11) is 0. The Morgan fingerprint density at radius 3 is 2.59 bits per heavy atom. The molecule has 17 heavy (non-hydrogen) atoms. The molecule has 3 N–H and O–H groups in total. The molecule has 2 heterocycles. The number of hydrogen-bond donors (Lipinski definition) is 2. The lowest BCUT2D eigenvalue weighted by Gasteiger charge is -2.03. The Kier molecular flexibility index (Phi) is 3.14. The van der Waals surface area contributed by atoms with Gasteiger partial charge in [0.2, 0.25) is 0 Å². The molecule has 90 valence electrons. The van der Waals surface area contributed by atoms with Crippen molar-refractivity contribution in [3.63, 3.8) is 0 Å². The lowest BCUT2D eigenvalue weighted by molar-refractivity contribution is 0.779. The first kappa shape index (κ1) is 11.7. The topological polar surface area (TPSA) is 97.5 Å². The Morgan fingerprint density at radius 1 is 1.18 bits per heavy atom. The summed E-state index contributed by atoms with van der Waals surface area (Å²) in [6, 6.07) is 0. The van der Waals surface area contributed by atoms with Crippen molar-refractivity contribution in [1.29, 1.82) is 0 Å². The molecular weight excluding hydrogens is 218 g/mol. The van der Waals surface area contributed by atoms with Gasteiger partial charge in [-0.05, 0) is 26.8 Å². The van der Waals surface area contributed by atoms with E-state index < -0.39 is 0 Å². The molecule has 0 atom stereocenters. The van der Waals surface area contributed by atoms with Crippen LogP contribution in [0.1, 0.15) is 23.6 Å². The maximum atomic E-state index is 11.8. The van der Waals surface area contributed by atoms with Crippen molar-refractivity contribution in [2.45, 2.75) is 26.7 Å². The average molecular weight is 233 g/mol. The zero-order valence-corrected chi connectivity index (χ0v) is 9.95. The number of rotatable bonds is 3. The molecule has 6 nitrogen and oxygen atoms in total. The molecule has 0 radical (unpaired) electrons. The fourth-order valence-corrected chi connectivity index (χ4v) is 1.56. The second-order valence-electron chi connectivity index (χ2n) is 3.97. The molecule has 0 amide bonds. The molecule has 0 fully saturated rings. The highest BCUT2D eigenvalue weighted by atomic mass is 16.1. The van der Waals surface area contributed by atoms with E-state index >= 15 is 0 Å². The SMILES string of the molecule is Cc1nc2nc(CCCN)[nH]c(=O)c2nc1C. The van der Waals surface area contributed by atoms with Gasteiger partial charge in [-0.2, -0.15) is 0 Å². The molecule has 0 aliphatic rings. The van der Waals surface area contributed by atoms with E-state index in [1.54, 1.807) is 0 Å². The van der Waals surface area contributed by atoms with Crippen LogP contribution in [0.25, 0.3) is 11.2 Å². The molecule has 2 aromatic rings. The van der Waals surface area contributed by atoms with Crippen molar-refractivity contribution in [2.24, 2.45) is 5.73 Å². The van der Waals surface area contributed by atoms with Crippen LogP contribution in [0, 0.1) is 13.8 Å². The third-order valence-electron chi connectivity index (χ3n) is 2.62. The van der Waals surface area contributed by atoms with E-state index in [1.807, 2.05) is 13.8 Å². The van der Waals surface area contributed by atoms with Gasteiger partial charge in [-0.1, -0.05) is 0 Å². The number of nitrogens with two attached hydrogens (primary N) is 1. The number of H-pyrrole nitrogens is 1. The highest BCUT2D eigenvalue weighted by Gasteiger charge is 2.08. The van der Waals surface area contributed by atoms with Gasteiger partial charge in [0.15, 0.2) is 11.2 Å². The van der Waals surface area contributed by atoms with E-state index in [0.717, 1.165) is 17.8 Å². The third kappa shape index (κ3) is 2.31. The second kappa shape index (κ2) is 4.58. The predicted molar refractivity (Wildman–Crippen MR) is 64.8 cm³/mol. The summed E-state index contributed by atoms with van der Waals surface area (Å²) in [5.74, 6) is 0.616. The summed E-state index contributed by atoms with van der Waals surface area (Å²) in [6.07, 6.45) is 1.43. The van der Waals surface area contributed by atoms with Crippen LogP contribution in [-0.2, 0) is 6.42 Å². The van der Waals surface area contributed by atoms with Gasteiger partial charge in [-0.15, -0.1) is 0 Å².